The zero-order chi connectivity index (χ0) is 22.5. The summed E-state index contributed by atoms with van der Waals surface area (Å²) in [4.78, 5) is 14.7. The first kappa shape index (κ1) is 21.1. The third-order valence-corrected chi connectivity index (χ3v) is 7.05. The van der Waals surface area contributed by atoms with Crippen LogP contribution in [0.15, 0.2) is 54.0 Å². The Hall–Kier alpha value is -2.77. The SMILES string of the molecule is C=CCn1cc(CN2[C@@H]3CC[C@@H]2CC(O)(Cn2nc(C)ccc2=O)C3)c2ccc(F)cc21. The first-order valence-corrected chi connectivity index (χ1v) is 11.3. The van der Waals surface area contributed by atoms with Crippen molar-refractivity contribution in [2.24, 2.45) is 0 Å². The van der Waals surface area contributed by atoms with Gasteiger partial charge in [-0.25, -0.2) is 9.07 Å². The zero-order valence-corrected chi connectivity index (χ0v) is 18.4. The number of rotatable bonds is 6. The molecule has 32 heavy (non-hydrogen) atoms. The number of aliphatic hydroxyl groups is 1. The van der Waals surface area contributed by atoms with Crippen molar-refractivity contribution in [3.05, 3.63) is 76.6 Å². The maximum absolute atomic E-state index is 13.9. The monoisotopic (exact) mass is 436 g/mol. The lowest BCUT2D eigenvalue weighted by Gasteiger charge is -2.43. The second-order valence-electron chi connectivity index (χ2n) is 9.42. The van der Waals surface area contributed by atoms with E-state index >= 15 is 0 Å². The second kappa shape index (κ2) is 7.98. The molecule has 0 unspecified atom stereocenters. The molecule has 0 radical (unpaired) electrons. The van der Waals surface area contributed by atoms with Crippen LogP contribution in [0.4, 0.5) is 4.39 Å². The molecular formula is C25H29FN4O2. The van der Waals surface area contributed by atoms with Gasteiger partial charge in [0.15, 0.2) is 0 Å². The van der Waals surface area contributed by atoms with Crippen LogP contribution in [-0.2, 0) is 19.6 Å². The van der Waals surface area contributed by atoms with E-state index < -0.39 is 5.60 Å². The Labute approximate surface area is 186 Å². The van der Waals surface area contributed by atoms with Gasteiger partial charge in [-0.3, -0.25) is 9.69 Å². The third-order valence-electron chi connectivity index (χ3n) is 7.05. The number of hydrogen-bond acceptors (Lipinski definition) is 4. The fraction of sp³-hybridized carbons (Fsp3) is 0.440. The summed E-state index contributed by atoms with van der Waals surface area (Å²) in [7, 11) is 0. The van der Waals surface area contributed by atoms with Crippen molar-refractivity contribution in [2.45, 2.75) is 69.9 Å². The molecule has 168 valence electrons. The fourth-order valence-electron chi connectivity index (χ4n) is 5.70. The summed E-state index contributed by atoms with van der Waals surface area (Å²) in [6, 6.07) is 8.66. The highest BCUT2D eigenvalue weighted by Gasteiger charge is 2.47. The molecule has 2 aliphatic heterocycles. The van der Waals surface area contributed by atoms with Gasteiger partial charge in [-0.05, 0) is 62.4 Å². The first-order valence-electron chi connectivity index (χ1n) is 11.3. The topological polar surface area (TPSA) is 63.3 Å². The van der Waals surface area contributed by atoms with Gasteiger partial charge in [0, 0.05) is 42.8 Å². The van der Waals surface area contributed by atoms with Crippen molar-refractivity contribution in [3.8, 4) is 0 Å². The van der Waals surface area contributed by atoms with E-state index in [1.807, 2.05) is 23.6 Å². The zero-order valence-electron chi connectivity index (χ0n) is 18.4. The first-order chi connectivity index (χ1) is 15.3. The number of aromatic nitrogens is 3. The minimum Gasteiger partial charge on any atom is -0.388 e. The summed E-state index contributed by atoms with van der Waals surface area (Å²) < 4.78 is 17.3. The number of hydrogen-bond donors (Lipinski definition) is 1. The van der Waals surface area contributed by atoms with Crippen LogP contribution in [0.25, 0.3) is 10.9 Å². The van der Waals surface area contributed by atoms with Crippen LogP contribution in [0.5, 0.6) is 0 Å². The normalized spacial score (nSPS) is 25.5. The highest BCUT2D eigenvalue weighted by molar-refractivity contribution is 5.84. The molecule has 0 saturated carbocycles. The molecule has 1 N–H and O–H groups in total. The lowest BCUT2D eigenvalue weighted by atomic mass is 9.85. The summed E-state index contributed by atoms with van der Waals surface area (Å²) >= 11 is 0. The van der Waals surface area contributed by atoms with Crippen LogP contribution < -0.4 is 5.56 Å². The van der Waals surface area contributed by atoms with Crippen LogP contribution in [0.3, 0.4) is 0 Å². The predicted octanol–water partition coefficient (Wildman–Crippen LogP) is 3.39. The maximum Gasteiger partial charge on any atom is 0.266 e. The minimum atomic E-state index is -0.938. The molecule has 0 amide bonds. The molecule has 2 fully saturated rings. The summed E-state index contributed by atoms with van der Waals surface area (Å²) in [5.41, 5.74) is 1.70. The number of allylic oxidation sites excluding steroid dienone is 1. The van der Waals surface area contributed by atoms with Crippen molar-refractivity contribution in [1.82, 2.24) is 19.2 Å². The van der Waals surface area contributed by atoms with E-state index in [4.69, 9.17) is 0 Å². The van der Waals surface area contributed by atoms with E-state index in [1.54, 1.807) is 12.1 Å². The van der Waals surface area contributed by atoms with Crippen molar-refractivity contribution < 1.29 is 9.50 Å². The minimum absolute atomic E-state index is 0.180. The van der Waals surface area contributed by atoms with Gasteiger partial charge in [-0.2, -0.15) is 5.10 Å². The molecular weight excluding hydrogens is 407 g/mol. The van der Waals surface area contributed by atoms with Crippen LogP contribution >= 0.6 is 0 Å². The van der Waals surface area contributed by atoms with E-state index in [-0.39, 0.29) is 30.0 Å². The molecule has 2 bridgehead atoms. The third kappa shape index (κ3) is 3.80. The Morgan fingerprint density at radius 2 is 2.00 bits per heavy atom. The Balaban J connectivity index is 1.38. The number of aryl methyl sites for hydroxylation is 1. The quantitative estimate of drug-likeness (QED) is 0.602. The molecule has 2 aromatic heterocycles. The Morgan fingerprint density at radius 3 is 2.72 bits per heavy atom. The Morgan fingerprint density at radius 1 is 1.25 bits per heavy atom. The highest BCUT2D eigenvalue weighted by atomic mass is 19.1. The van der Waals surface area contributed by atoms with Gasteiger partial charge in [0.25, 0.3) is 5.56 Å². The molecule has 2 atom stereocenters. The van der Waals surface area contributed by atoms with Crippen molar-refractivity contribution >= 4 is 10.9 Å². The number of halogens is 1. The molecule has 0 spiro atoms. The molecule has 7 heteroatoms. The average molecular weight is 437 g/mol. The molecule has 6 nitrogen and oxygen atoms in total. The molecule has 3 aromatic rings. The van der Waals surface area contributed by atoms with Crippen LogP contribution in [0.2, 0.25) is 0 Å². The van der Waals surface area contributed by atoms with Crippen molar-refractivity contribution in [2.75, 3.05) is 0 Å². The number of nitrogens with zero attached hydrogens (tertiary/aromatic N) is 4. The molecule has 0 aliphatic carbocycles. The lowest BCUT2D eigenvalue weighted by Crippen LogP contribution is -2.53. The van der Waals surface area contributed by atoms with Crippen LogP contribution in [0.1, 0.15) is 36.9 Å². The smallest absolute Gasteiger partial charge is 0.266 e. The lowest BCUT2D eigenvalue weighted by molar-refractivity contribution is -0.0677. The van der Waals surface area contributed by atoms with Gasteiger partial charge in [-0.1, -0.05) is 6.08 Å². The predicted molar refractivity (Wildman–Crippen MR) is 122 cm³/mol. The fourth-order valence-corrected chi connectivity index (χ4v) is 5.70. The van der Waals surface area contributed by atoms with Gasteiger partial charge in [-0.15, -0.1) is 6.58 Å². The second-order valence-corrected chi connectivity index (χ2v) is 9.42. The van der Waals surface area contributed by atoms with Crippen LogP contribution in [0, 0.1) is 12.7 Å². The number of piperidine rings is 1. The van der Waals surface area contributed by atoms with Gasteiger partial charge >= 0.3 is 0 Å². The van der Waals surface area contributed by atoms with Crippen molar-refractivity contribution in [1.29, 1.82) is 0 Å². The van der Waals surface area contributed by atoms with Crippen molar-refractivity contribution in [3.63, 3.8) is 0 Å². The molecule has 5 rings (SSSR count). The summed E-state index contributed by atoms with van der Waals surface area (Å²) in [6.07, 6.45) is 7.21. The van der Waals surface area contributed by atoms with Gasteiger partial charge in [0.05, 0.1) is 23.4 Å². The molecule has 4 heterocycles. The van der Waals surface area contributed by atoms with Gasteiger partial charge in [0.1, 0.15) is 5.82 Å². The van der Waals surface area contributed by atoms with Gasteiger partial charge in [0.2, 0.25) is 0 Å². The average Bonchev–Trinajstić information content (AvgIpc) is 3.19. The molecule has 2 aliphatic rings. The Kier molecular flexibility index (Phi) is 5.26. The summed E-state index contributed by atoms with van der Waals surface area (Å²) in [5.74, 6) is -0.240. The van der Waals surface area contributed by atoms with E-state index in [9.17, 15) is 14.3 Å². The standard InChI is InChI=1S/C25H29FN4O2/c1-3-10-28-14-18(22-8-5-19(26)11-23(22)28)15-29-20-6-7-21(29)13-25(32,12-20)16-30-24(31)9-4-17(2)27-30/h3-5,8-9,11,14,20-21,32H,1,6-7,10,12-13,15-16H2,2H3/t20-,21-/m1/s1. The van der Waals surface area contributed by atoms with Crippen LogP contribution in [-0.4, -0.2) is 42.0 Å². The molecule has 2 saturated heterocycles. The largest absolute Gasteiger partial charge is 0.388 e. The number of fused-ring (bicyclic) bond motifs is 3. The summed E-state index contributed by atoms with van der Waals surface area (Å²) in [5, 5.41) is 16.8. The van der Waals surface area contributed by atoms with E-state index in [1.165, 1.54) is 22.4 Å². The van der Waals surface area contributed by atoms with E-state index in [0.717, 1.165) is 36.0 Å². The summed E-state index contributed by atoms with van der Waals surface area (Å²) in [6.45, 7) is 7.29. The number of benzene rings is 1. The molecule has 1 aromatic carbocycles. The van der Waals surface area contributed by atoms with E-state index in [0.29, 0.717) is 19.4 Å². The maximum atomic E-state index is 13.9. The van der Waals surface area contributed by atoms with E-state index in [2.05, 4.69) is 22.8 Å². The highest BCUT2D eigenvalue weighted by Crippen LogP contribution is 2.42. The Bertz CT molecular complexity index is 1220. The van der Waals surface area contributed by atoms with Gasteiger partial charge < -0.3 is 9.67 Å².